The quantitative estimate of drug-likeness (QED) is 0.568. The number of aliphatic hydroxyl groups excluding tert-OH is 1. The van der Waals surface area contributed by atoms with Crippen LogP contribution in [-0.4, -0.2) is 61.5 Å². The third-order valence-electron chi connectivity index (χ3n) is 6.42. The van der Waals surface area contributed by atoms with Crippen molar-refractivity contribution in [1.82, 2.24) is 24.2 Å². The molecule has 3 aromatic rings. The summed E-state index contributed by atoms with van der Waals surface area (Å²) in [7, 11) is 2.05. The third-order valence-corrected chi connectivity index (χ3v) is 7.08. The van der Waals surface area contributed by atoms with E-state index in [1.165, 1.54) is 0 Å². The average molecular weight is 439 g/mol. The molecule has 3 aromatic heterocycles. The van der Waals surface area contributed by atoms with E-state index in [4.69, 9.17) is 5.11 Å². The number of aliphatic hydroxyl groups is 1. The summed E-state index contributed by atoms with van der Waals surface area (Å²) >= 11 is 1.07. The number of nitriles is 1. The number of carbonyl (C=O) groups is 1. The molecule has 3 N–H and O–H groups in total. The van der Waals surface area contributed by atoms with Gasteiger partial charge < -0.3 is 19.9 Å². The number of urea groups is 1. The smallest absolute Gasteiger partial charge is 0.323 e. The molecule has 1 unspecified atom stereocenters. The number of hydrogen-bond acceptors (Lipinski definition) is 8. The molecule has 11 heteroatoms. The van der Waals surface area contributed by atoms with Crippen molar-refractivity contribution in [3.8, 4) is 6.07 Å². The van der Waals surface area contributed by atoms with Gasteiger partial charge in [0.05, 0.1) is 11.3 Å². The SMILES string of the molecule is CN(c1c(C#N)cnc2[nH]ccc12)[C@@H]1CC2CN(C(=O)Nc3nc(CO)ns3)C[C@H]2C1. The predicted octanol–water partition coefficient (Wildman–Crippen LogP) is 2.16. The van der Waals surface area contributed by atoms with Gasteiger partial charge in [0, 0.05) is 55.5 Å². The molecule has 1 saturated heterocycles. The lowest BCUT2D eigenvalue weighted by Crippen LogP contribution is -2.36. The number of aromatic nitrogens is 4. The molecule has 0 spiro atoms. The fourth-order valence-electron chi connectivity index (χ4n) is 4.93. The monoisotopic (exact) mass is 438 g/mol. The molecule has 1 aliphatic carbocycles. The van der Waals surface area contributed by atoms with Gasteiger partial charge in [0.1, 0.15) is 18.3 Å². The van der Waals surface area contributed by atoms with Crippen molar-refractivity contribution >= 4 is 39.4 Å². The van der Waals surface area contributed by atoms with Crippen LogP contribution in [0.5, 0.6) is 0 Å². The minimum Gasteiger partial charge on any atom is -0.388 e. The number of H-pyrrole nitrogens is 1. The Labute approximate surface area is 182 Å². The first-order valence-corrected chi connectivity index (χ1v) is 10.9. The minimum atomic E-state index is -0.241. The first kappa shape index (κ1) is 19.7. The molecule has 2 amide bonds. The first-order valence-electron chi connectivity index (χ1n) is 10.2. The van der Waals surface area contributed by atoms with Crippen LogP contribution in [0.3, 0.4) is 0 Å². The van der Waals surface area contributed by atoms with Crippen molar-refractivity contribution in [2.45, 2.75) is 25.5 Å². The molecular formula is C20H22N8O2S. The summed E-state index contributed by atoms with van der Waals surface area (Å²) in [4.78, 5) is 28.2. The average Bonchev–Trinajstić information content (AvgIpc) is 3.54. The maximum Gasteiger partial charge on any atom is 0.323 e. The van der Waals surface area contributed by atoms with E-state index in [9.17, 15) is 10.1 Å². The largest absolute Gasteiger partial charge is 0.388 e. The number of rotatable bonds is 4. The van der Waals surface area contributed by atoms with E-state index in [0.717, 1.165) is 41.1 Å². The van der Waals surface area contributed by atoms with Crippen LogP contribution in [0.1, 0.15) is 24.2 Å². The molecule has 0 bridgehead atoms. The number of aromatic amines is 1. The molecule has 5 rings (SSSR count). The van der Waals surface area contributed by atoms with Gasteiger partial charge in [0.15, 0.2) is 5.82 Å². The van der Waals surface area contributed by atoms with Gasteiger partial charge in [0.25, 0.3) is 0 Å². The van der Waals surface area contributed by atoms with Crippen LogP contribution < -0.4 is 10.2 Å². The van der Waals surface area contributed by atoms with Gasteiger partial charge in [-0.05, 0) is 30.7 Å². The van der Waals surface area contributed by atoms with Gasteiger partial charge >= 0.3 is 6.03 Å². The predicted molar refractivity (Wildman–Crippen MR) is 116 cm³/mol. The Morgan fingerprint density at radius 1 is 1.45 bits per heavy atom. The van der Waals surface area contributed by atoms with Crippen molar-refractivity contribution in [2.24, 2.45) is 11.8 Å². The van der Waals surface area contributed by atoms with E-state index < -0.39 is 0 Å². The molecule has 0 radical (unpaired) electrons. The highest BCUT2D eigenvalue weighted by molar-refractivity contribution is 7.09. The van der Waals surface area contributed by atoms with Crippen LogP contribution in [0.15, 0.2) is 18.5 Å². The maximum absolute atomic E-state index is 12.6. The van der Waals surface area contributed by atoms with Crippen molar-refractivity contribution in [1.29, 1.82) is 5.26 Å². The Hall–Kier alpha value is -3.23. The zero-order chi connectivity index (χ0) is 21.5. The van der Waals surface area contributed by atoms with Crippen LogP contribution in [0.2, 0.25) is 0 Å². The lowest BCUT2D eigenvalue weighted by Gasteiger charge is -2.29. The summed E-state index contributed by atoms with van der Waals surface area (Å²) in [5.41, 5.74) is 2.28. The number of nitrogens with zero attached hydrogens (tertiary/aromatic N) is 6. The normalized spacial score (nSPS) is 22.5. The molecule has 3 atom stereocenters. The fourth-order valence-corrected chi connectivity index (χ4v) is 5.50. The zero-order valence-corrected chi connectivity index (χ0v) is 17.8. The van der Waals surface area contributed by atoms with Gasteiger partial charge in [-0.3, -0.25) is 5.32 Å². The van der Waals surface area contributed by atoms with Gasteiger partial charge in [-0.15, -0.1) is 0 Å². The van der Waals surface area contributed by atoms with Gasteiger partial charge in [-0.1, -0.05) is 0 Å². The van der Waals surface area contributed by atoms with Crippen molar-refractivity contribution < 1.29 is 9.90 Å². The highest BCUT2D eigenvalue weighted by Gasteiger charge is 2.44. The van der Waals surface area contributed by atoms with Crippen LogP contribution in [-0.2, 0) is 6.61 Å². The Morgan fingerprint density at radius 2 is 2.23 bits per heavy atom. The summed E-state index contributed by atoms with van der Waals surface area (Å²) in [6.07, 6.45) is 5.41. The standard InChI is InChI=1S/C20H22N8O2S/c1-27(17-13(6-21)7-23-18-15(17)2-3-22-18)14-4-11-8-28(9-12(11)5-14)20(30)25-19-24-16(10-29)26-31-19/h2-3,7,11-12,14,29H,4-5,8-10H2,1H3,(H,22,23)(H,24,25,26,30)/t11-,12?,14+/m1/s1. The van der Waals surface area contributed by atoms with Crippen LogP contribution >= 0.6 is 11.5 Å². The summed E-state index contributed by atoms with van der Waals surface area (Å²) < 4.78 is 3.97. The fraction of sp³-hybridized carbons (Fsp3) is 0.450. The van der Waals surface area contributed by atoms with Crippen LogP contribution in [0, 0.1) is 23.2 Å². The van der Waals surface area contributed by atoms with Crippen molar-refractivity contribution in [3.63, 3.8) is 0 Å². The van der Waals surface area contributed by atoms with E-state index >= 15 is 0 Å². The number of nitrogens with one attached hydrogen (secondary N) is 2. The number of amides is 2. The molecule has 2 fully saturated rings. The summed E-state index contributed by atoms with van der Waals surface area (Å²) in [6, 6.07) is 4.38. The Balaban J connectivity index is 1.26. The topological polar surface area (TPSA) is 134 Å². The van der Waals surface area contributed by atoms with E-state index in [0.29, 0.717) is 47.5 Å². The highest BCUT2D eigenvalue weighted by atomic mass is 32.1. The first-order chi connectivity index (χ1) is 15.1. The summed E-state index contributed by atoms with van der Waals surface area (Å²) in [6.45, 7) is 1.16. The van der Waals surface area contributed by atoms with Gasteiger partial charge in [0.2, 0.25) is 5.13 Å². The molecule has 2 aliphatic rings. The second-order valence-electron chi connectivity index (χ2n) is 8.14. The molecular weight excluding hydrogens is 416 g/mol. The third kappa shape index (κ3) is 3.47. The number of anilines is 2. The molecule has 4 heterocycles. The maximum atomic E-state index is 12.6. The van der Waals surface area contributed by atoms with E-state index in [2.05, 4.69) is 35.6 Å². The van der Waals surface area contributed by atoms with Crippen LogP contribution in [0.25, 0.3) is 11.0 Å². The molecule has 1 saturated carbocycles. The lowest BCUT2D eigenvalue weighted by molar-refractivity contribution is 0.218. The van der Waals surface area contributed by atoms with E-state index in [-0.39, 0.29) is 12.6 Å². The number of fused-ring (bicyclic) bond motifs is 2. The van der Waals surface area contributed by atoms with Crippen LogP contribution in [0.4, 0.5) is 15.6 Å². The highest BCUT2D eigenvalue weighted by Crippen LogP contribution is 2.42. The number of hydrogen-bond donors (Lipinski definition) is 3. The lowest BCUT2D eigenvalue weighted by atomic mass is 10.0. The van der Waals surface area contributed by atoms with E-state index in [1.54, 1.807) is 6.20 Å². The van der Waals surface area contributed by atoms with Crippen molar-refractivity contribution in [2.75, 3.05) is 30.4 Å². The summed E-state index contributed by atoms with van der Waals surface area (Å²) in [5.74, 6) is 1.17. The summed E-state index contributed by atoms with van der Waals surface area (Å²) in [5, 5.41) is 22.8. The molecule has 1 aliphatic heterocycles. The molecule has 31 heavy (non-hydrogen) atoms. The Kier molecular flexibility index (Phi) is 4.95. The number of carbonyl (C=O) groups excluding carboxylic acids is 1. The number of likely N-dealkylation sites (tertiary alicyclic amines) is 1. The minimum absolute atomic E-state index is 0.171. The molecule has 160 valence electrons. The second kappa shape index (κ2) is 7.79. The zero-order valence-electron chi connectivity index (χ0n) is 16.9. The van der Waals surface area contributed by atoms with Gasteiger partial charge in [-0.25, -0.2) is 14.8 Å². The van der Waals surface area contributed by atoms with E-state index in [1.807, 2.05) is 24.2 Å². The van der Waals surface area contributed by atoms with Gasteiger partial charge in [-0.2, -0.15) is 9.64 Å². The molecule has 10 nitrogen and oxygen atoms in total. The Bertz CT molecular complexity index is 1150. The Morgan fingerprint density at radius 3 is 2.90 bits per heavy atom. The van der Waals surface area contributed by atoms with Crippen molar-refractivity contribution in [3.05, 3.63) is 29.8 Å². The second-order valence-corrected chi connectivity index (χ2v) is 8.89. The molecule has 0 aromatic carbocycles. The number of pyridine rings is 1.